The molecular formula is C22H33N3O3. The van der Waals surface area contributed by atoms with Crippen LogP contribution in [0.4, 0.5) is 0 Å². The van der Waals surface area contributed by atoms with Crippen LogP contribution in [-0.2, 0) is 9.59 Å². The van der Waals surface area contributed by atoms with Crippen molar-refractivity contribution in [2.75, 3.05) is 46.4 Å². The Kier molecular flexibility index (Phi) is 7.71. The van der Waals surface area contributed by atoms with Crippen molar-refractivity contribution in [3.63, 3.8) is 0 Å². The van der Waals surface area contributed by atoms with E-state index in [-0.39, 0.29) is 11.8 Å². The van der Waals surface area contributed by atoms with Crippen molar-refractivity contribution >= 4 is 11.8 Å². The van der Waals surface area contributed by atoms with Gasteiger partial charge in [-0.05, 0) is 57.3 Å². The molecule has 6 nitrogen and oxygen atoms in total. The van der Waals surface area contributed by atoms with E-state index in [2.05, 4.69) is 5.32 Å². The van der Waals surface area contributed by atoms with Crippen LogP contribution in [0.25, 0.3) is 0 Å². The van der Waals surface area contributed by atoms with E-state index in [1.807, 2.05) is 47.2 Å². The third kappa shape index (κ3) is 5.71. The van der Waals surface area contributed by atoms with E-state index in [0.29, 0.717) is 37.9 Å². The second-order valence-electron chi connectivity index (χ2n) is 7.89. The van der Waals surface area contributed by atoms with Crippen LogP contribution in [0.15, 0.2) is 30.3 Å². The maximum absolute atomic E-state index is 12.8. The van der Waals surface area contributed by atoms with Gasteiger partial charge < -0.3 is 19.9 Å². The van der Waals surface area contributed by atoms with E-state index in [1.54, 1.807) is 0 Å². The van der Waals surface area contributed by atoms with Crippen molar-refractivity contribution in [3.8, 4) is 5.75 Å². The van der Waals surface area contributed by atoms with Crippen LogP contribution in [0, 0.1) is 11.8 Å². The molecule has 0 saturated carbocycles. The molecule has 0 spiro atoms. The number of benzene rings is 1. The van der Waals surface area contributed by atoms with E-state index in [0.717, 1.165) is 51.1 Å². The first-order valence-electron chi connectivity index (χ1n) is 10.6. The van der Waals surface area contributed by atoms with Crippen molar-refractivity contribution in [2.24, 2.45) is 11.8 Å². The second kappa shape index (κ2) is 10.5. The Morgan fingerprint density at radius 3 is 2.29 bits per heavy atom. The zero-order valence-corrected chi connectivity index (χ0v) is 16.9. The predicted octanol–water partition coefficient (Wildman–Crippen LogP) is 2.15. The molecule has 0 unspecified atom stereocenters. The molecule has 2 aliphatic heterocycles. The summed E-state index contributed by atoms with van der Waals surface area (Å²) in [6, 6.07) is 9.56. The number of likely N-dealkylation sites (tertiary alicyclic amines) is 2. The minimum absolute atomic E-state index is 0.0745. The molecule has 1 N–H and O–H groups in total. The highest BCUT2D eigenvalue weighted by Gasteiger charge is 2.31. The Morgan fingerprint density at radius 1 is 1.00 bits per heavy atom. The lowest BCUT2D eigenvalue weighted by molar-refractivity contribution is -0.142. The third-order valence-electron chi connectivity index (χ3n) is 5.94. The average molecular weight is 388 g/mol. The molecule has 0 atom stereocenters. The summed E-state index contributed by atoms with van der Waals surface area (Å²) in [5.74, 6) is 1.97. The molecule has 0 radical (unpaired) electrons. The number of nitrogens with one attached hydrogen (secondary N) is 1. The van der Waals surface area contributed by atoms with E-state index in [4.69, 9.17) is 4.74 Å². The molecule has 154 valence electrons. The Morgan fingerprint density at radius 2 is 1.64 bits per heavy atom. The Labute approximate surface area is 168 Å². The number of rotatable bonds is 7. The lowest BCUT2D eigenvalue weighted by atomic mass is 9.92. The highest BCUT2D eigenvalue weighted by Crippen LogP contribution is 2.24. The SMILES string of the molecule is CNCC1CCN(C(=O)C2CCN(C(=O)CCOc3ccccc3)CC2)CC1. The number of nitrogens with zero attached hydrogens (tertiary/aromatic N) is 2. The van der Waals surface area contributed by atoms with Gasteiger partial charge in [0.2, 0.25) is 11.8 Å². The number of carbonyl (C=O) groups excluding carboxylic acids is 2. The number of piperidine rings is 2. The van der Waals surface area contributed by atoms with Gasteiger partial charge in [0, 0.05) is 32.1 Å². The fraction of sp³-hybridized carbons (Fsp3) is 0.636. The number of para-hydroxylation sites is 1. The number of hydrogen-bond donors (Lipinski definition) is 1. The zero-order valence-electron chi connectivity index (χ0n) is 16.9. The maximum atomic E-state index is 12.8. The molecule has 0 aromatic heterocycles. The average Bonchev–Trinajstić information content (AvgIpc) is 2.75. The summed E-state index contributed by atoms with van der Waals surface area (Å²) in [6.45, 7) is 4.54. The maximum Gasteiger partial charge on any atom is 0.225 e. The summed E-state index contributed by atoms with van der Waals surface area (Å²) >= 11 is 0. The van der Waals surface area contributed by atoms with Crippen LogP contribution in [0.2, 0.25) is 0 Å². The summed E-state index contributed by atoms with van der Waals surface area (Å²) in [6.07, 6.45) is 4.12. The van der Waals surface area contributed by atoms with E-state index < -0.39 is 0 Å². The Hall–Kier alpha value is -2.08. The fourth-order valence-corrected chi connectivity index (χ4v) is 4.21. The standard InChI is InChI=1S/C22H33N3O3/c1-23-17-18-7-12-25(13-8-18)22(27)19-9-14-24(15-10-19)21(26)11-16-28-20-5-3-2-4-6-20/h2-6,18-19,23H,7-17H2,1H3. The largest absolute Gasteiger partial charge is 0.493 e. The van der Waals surface area contributed by atoms with Gasteiger partial charge in [0.05, 0.1) is 13.0 Å². The number of ether oxygens (including phenoxy) is 1. The topological polar surface area (TPSA) is 61.9 Å². The molecule has 2 heterocycles. The highest BCUT2D eigenvalue weighted by atomic mass is 16.5. The minimum Gasteiger partial charge on any atom is -0.493 e. The van der Waals surface area contributed by atoms with E-state index in [1.165, 1.54) is 0 Å². The van der Waals surface area contributed by atoms with Crippen LogP contribution in [0.3, 0.4) is 0 Å². The van der Waals surface area contributed by atoms with E-state index in [9.17, 15) is 9.59 Å². The van der Waals surface area contributed by atoms with Gasteiger partial charge in [0.15, 0.2) is 0 Å². The van der Waals surface area contributed by atoms with Crippen molar-refractivity contribution in [3.05, 3.63) is 30.3 Å². The quantitative estimate of drug-likeness (QED) is 0.779. The van der Waals surface area contributed by atoms with Gasteiger partial charge in [0.25, 0.3) is 0 Å². The molecule has 0 bridgehead atoms. The van der Waals surface area contributed by atoms with Crippen LogP contribution in [0.1, 0.15) is 32.1 Å². The predicted molar refractivity (Wildman–Crippen MR) is 109 cm³/mol. The van der Waals surface area contributed by atoms with Crippen molar-refractivity contribution in [1.82, 2.24) is 15.1 Å². The third-order valence-corrected chi connectivity index (χ3v) is 5.94. The number of carbonyl (C=O) groups is 2. The molecule has 28 heavy (non-hydrogen) atoms. The second-order valence-corrected chi connectivity index (χ2v) is 7.89. The minimum atomic E-state index is 0.0745. The number of hydrogen-bond acceptors (Lipinski definition) is 4. The monoisotopic (exact) mass is 387 g/mol. The highest BCUT2D eigenvalue weighted by molar-refractivity contribution is 5.80. The molecule has 2 aliphatic rings. The summed E-state index contributed by atoms with van der Waals surface area (Å²) in [5.41, 5.74) is 0. The first-order chi connectivity index (χ1) is 13.7. The molecule has 6 heteroatoms. The Balaban J connectivity index is 1.35. The van der Waals surface area contributed by atoms with Crippen molar-refractivity contribution in [2.45, 2.75) is 32.1 Å². The molecule has 2 amide bonds. The first kappa shape index (κ1) is 20.6. The van der Waals surface area contributed by atoms with Gasteiger partial charge in [-0.15, -0.1) is 0 Å². The van der Waals surface area contributed by atoms with Gasteiger partial charge in [0.1, 0.15) is 5.75 Å². The van der Waals surface area contributed by atoms with Crippen molar-refractivity contribution in [1.29, 1.82) is 0 Å². The van der Waals surface area contributed by atoms with Gasteiger partial charge in [-0.3, -0.25) is 9.59 Å². The molecule has 2 saturated heterocycles. The van der Waals surface area contributed by atoms with Crippen LogP contribution >= 0.6 is 0 Å². The van der Waals surface area contributed by atoms with Gasteiger partial charge in [-0.25, -0.2) is 0 Å². The van der Waals surface area contributed by atoms with Crippen LogP contribution in [0.5, 0.6) is 5.75 Å². The molecule has 0 aliphatic carbocycles. The molecule has 3 rings (SSSR count). The Bertz CT molecular complexity index is 621. The lowest BCUT2D eigenvalue weighted by Gasteiger charge is -2.37. The van der Waals surface area contributed by atoms with Gasteiger partial charge in [-0.1, -0.05) is 18.2 Å². The summed E-state index contributed by atoms with van der Waals surface area (Å²) in [5, 5.41) is 3.23. The lowest BCUT2D eigenvalue weighted by Crippen LogP contribution is -2.47. The van der Waals surface area contributed by atoms with Crippen molar-refractivity contribution < 1.29 is 14.3 Å². The zero-order chi connectivity index (χ0) is 19.8. The molecule has 1 aromatic carbocycles. The smallest absolute Gasteiger partial charge is 0.225 e. The summed E-state index contributed by atoms with van der Waals surface area (Å²) in [4.78, 5) is 29.1. The van der Waals surface area contributed by atoms with E-state index >= 15 is 0 Å². The molecule has 2 fully saturated rings. The van der Waals surface area contributed by atoms with Gasteiger partial charge in [-0.2, -0.15) is 0 Å². The number of amides is 2. The first-order valence-corrected chi connectivity index (χ1v) is 10.6. The normalized spacial score (nSPS) is 18.9. The summed E-state index contributed by atoms with van der Waals surface area (Å²) < 4.78 is 5.62. The van der Waals surface area contributed by atoms with Crippen LogP contribution < -0.4 is 10.1 Å². The van der Waals surface area contributed by atoms with Crippen LogP contribution in [-0.4, -0.2) is 68.0 Å². The molecular weight excluding hydrogens is 354 g/mol. The van der Waals surface area contributed by atoms with Gasteiger partial charge >= 0.3 is 0 Å². The fourth-order valence-electron chi connectivity index (χ4n) is 4.21. The summed E-state index contributed by atoms with van der Waals surface area (Å²) in [7, 11) is 1.99. The molecule has 1 aromatic rings.